The zero-order chi connectivity index (χ0) is 15.6. The number of nitrogens with zero attached hydrogens (tertiary/aromatic N) is 2. The normalized spacial score (nSPS) is 11.9. The van der Waals surface area contributed by atoms with Gasteiger partial charge in [-0.3, -0.25) is 4.72 Å². The van der Waals surface area contributed by atoms with Crippen molar-refractivity contribution < 1.29 is 8.42 Å². The van der Waals surface area contributed by atoms with Crippen LogP contribution >= 0.6 is 23.1 Å². The summed E-state index contributed by atoms with van der Waals surface area (Å²) in [4.78, 5) is 5.44. The molecular formula is C13H17N3O2S3. The van der Waals surface area contributed by atoms with Crippen LogP contribution in [0.5, 0.6) is 0 Å². The number of nitrogens with one attached hydrogen (secondary N) is 1. The van der Waals surface area contributed by atoms with Gasteiger partial charge in [-0.05, 0) is 37.6 Å². The molecule has 114 valence electrons. The van der Waals surface area contributed by atoms with Crippen LogP contribution in [0.25, 0.3) is 0 Å². The van der Waals surface area contributed by atoms with E-state index in [-0.39, 0.29) is 0 Å². The average molecular weight is 343 g/mol. The molecule has 0 spiro atoms. The molecule has 5 nitrogen and oxygen atoms in total. The summed E-state index contributed by atoms with van der Waals surface area (Å²) in [6.07, 6.45) is 0. The summed E-state index contributed by atoms with van der Waals surface area (Å²) in [5, 5.41) is 2.01. The molecule has 2 rings (SSSR count). The Bertz CT molecular complexity index is 739. The molecule has 0 radical (unpaired) electrons. The number of aromatic nitrogens is 1. The molecule has 0 aliphatic rings. The monoisotopic (exact) mass is 343 g/mol. The summed E-state index contributed by atoms with van der Waals surface area (Å²) in [6.45, 7) is 3.84. The third kappa shape index (κ3) is 4.19. The molecule has 2 aromatic rings. The quantitative estimate of drug-likeness (QED) is 0.906. The van der Waals surface area contributed by atoms with Crippen LogP contribution in [-0.4, -0.2) is 31.8 Å². The van der Waals surface area contributed by atoms with Crippen LogP contribution in [0.2, 0.25) is 0 Å². The summed E-state index contributed by atoms with van der Waals surface area (Å²) in [7, 11) is -0.490. The van der Waals surface area contributed by atoms with Crippen LogP contribution in [-0.2, 0) is 10.2 Å². The van der Waals surface area contributed by atoms with E-state index in [0.29, 0.717) is 5.69 Å². The molecule has 0 aliphatic carbocycles. The molecule has 0 atom stereocenters. The lowest BCUT2D eigenvalue weighted by Gasteiger charge is -2.15. The SMILES string of the molecule is Cc1csc(Sc2ccc(NS(=O)(=O)N(C)C)c(C)c2)n1. The lowest BCUT2D eigenvalue weighted by Crippen LogP contribution is -2.29. The second kappa shape index (κ2) is 6.35. The summed E-state index contributed by atoms with van der Waals surface area (Å²) < 4.78 is 28.3. The maximum Gasteiger partial charge on any atom is 0.301 e. The van der Waals surface area contributed by atoms with Gasteiger partial charge >= 0.3 is 10.2 Å². The summed E-state index contributed by atoms with van der Waals surface area (Å²) in [6, 6.07) is 5.62. The van der Waals surface area contributed by atoms with E-state index in [1.807, 2.05) is 31.4 Å². The maximum atomic E-state index is 11.8. The Morgan fingerprint density at radius 1 is 1.29 bits per heavy atom. The minimum atomic E-state index is -3.48. The van der Waals surface area contributed by atoms with Crippen LogP contribution < -0.4 is 4.72 Å². The fourth-order valence-electron chi connectivity index (χ4n) is 1.52. The Labute approximate surface area is 133 Å². The Kier molecular flexibility index (Phi) is 4.92. The second-order valence-corrected chi connectivity index (χ2v) is 8.79. The largest absolute Gasteiger partial charge is 0.301 e. The van der Waals surface area contributed by atoms with E-state index < -0.39 is 10.2 Å². The third-order valence-corrected chi connectivity index (χ3v) is 6.21. The van der Waals surface area contributed by atoms with E-state index in [9.17, 15) is 8.42 Å². The van der Waals surface area contributed by atoms with Crippen molar-refractivity contribution in [1.29, 1.82) is 0 Å². The predicted molar refractivity (Wildman–Crippen MR) is 88.4 cm³/mol. The molecule has 1 N–H and O–H groups in total. The van der Waals surface area contributed by atoms with Crippen molar-refractivity contribution in [2.75, 3.05) is 18.8 Å². The average Bonchev–Trinajstić information content (AvgIpc) is 2.78. The minimum Gasteiger partial charge on any atom is -0.271 e. The second-order valence-electron chi connectivity index (χ2n) is 4.72. The highest BCUT2D eigenvalue weighted by Crippen LogP contribution is 2.32. The van der Waals surface area contributed by atoms with Crippen LogP contribution in [0.1, 0.15) is 11.3 Å². The van der Waals surface area contributed by atoms with E-state index in [1.54, 1.807) is 29.2 Å². The van der Waals surface area contributed by atoms with Crippen molar-refractivity contribution in [3.63, 3.8) is 0 Å². The number of rotatable bonds is 5. The Hall–Kier alpha value is -1.09. The van der Waals surface area contributed by atoms with Crippen LogP contribution in [0.4, 0.5) is 5.69 Å². The van der Waals surface area contributed by atoms with E-state index in [2.05, 4.69) is 9.71 Å². The Morgan fingerprint density at radius 2 is 2.00 bits per heavy atom. The number of thiazole rings is 1. The van der Waals surface area contributed by atoms with Crippen molar-refractivity contribution in [2.24, 2.45) is 0 Å². The molecule has 1 aromatic carbocycles. The number of anilines is 1. The Balaban J connectivity index is 2.18. The third-order valence-electron chi connectivity index (χ3n) is 2.72. The van der Waals surface area contributed by atoms with Gasteiger partial charge in [-0.15, -0.1) is 11.3 Å². The van der Waals surface area contributed by atoms with E-state index in [0.717, 1.165) is 24.8 Å². The first-order chi connectivity index (χ1) is 9.78. The Morgan fingerprint density at radius 3 is 2.52 bits per heavy atom. The highest BCUT2D eigenvalue weighted by Gasteiger charge is 2.14. The summed E-state index contributed by atoms with van der Waals surface area (Å²) in [5.41, 5.74) is 2.47. The van der Waals surface area contributed by atoms with Gasteiger partial charge in [0.05, 0.1) is 5.69 Å². The van der Waals surface area contributed by atoms with Crippen LogP contribution in [0, 0.1) is 13.8 Å². The number of benzene rings is 1. The topological polar surface area (TPSA) is 62.3 Å². The maximum absolute atomic E-state index is 11.8. The molecule has 0 saturated heterocycles. The lowest BCUT2D eigenvalue weighted by atomic mass is 10.2. The van der Waals surface area contributed by atoms with Crippen molar-refractivity contribution in [1.82, 2.24) is 9.29 Å². The van der Waals surface area contributed by atoms with Gasteiger partial charge in [0.2, 0.25) is 0 Å². The number of hydrogen-bond donors (Lipinski definition) is 1. The predicted octanol–water partition coefficient (Wildman–Crippen LogP) is 3.13. The molecule has 0 amide bonds. The fourth-order valence-corrected chi connectivity index (χ4v) is 4.12. The standard InChI is InChI=1S/C13H17N3O2S3/c1-9-7-11(20-13-14-10(2)8-19-13)5-6-12(9)15-21(17,18)16(3)4/h5-8,15H,1-4H3. The highest BCUT2D eigenvalue weighted by atomic mass is 32.2. The van der Waals surface area contributed by atoms with E-state index >= 15 is 0 Å². The van der Waals surface area contributed by atoms with Gasteiger partial charge in [0.1, 0.15) is 0 Å². The van der Waals surface area contributed by atoms with Gasteiger partial charge in [-0.1, -0.05) is 11.8 Å². The van der Waals surface area contributed by atoms with Gasteiger partial charge in [0, 0.05) is 30.1 Å². The number of hydrogen-bond acceptors (Lipinski definition) is 5. The molecule has 21 heavy (non-hydrogen) atoms. The van der Waals surface area contributed by atoms with E-state index in [1.165, 1.54) is 14.1 Å². The molecule has 0 fully saturated rings. The molecule has 0 unspecified atom stereocenters. The molecular weight excluding hydrogens is 326 g/mol. The fraction of sp³-hybridized carbons (Fsp3) is 0.308. The molecule has 0 bridgehead atoms. The summed E-state index contributed by atoms with van der Waals surface area (Å²) in [5.74, 6) is 0. The lowest BCUT2D eigenvalue weighted by molar-refractivity contribution is 0.527. The molecule has 8 heteroatoms. The molecule has 1 heterocycles. The van der Waals surface area contributed by atoms with Crippen molar-refractivity contribution >= 4 is 39.0 Å². The van der Waals surface area contributed by atoms with E-state index in [4.69, 9.17) is 0 Å². The van der Waals surface area contributed by atoms with Crippen molar-refractivity contribution in [2.45, 2.75) is 23.1 Å². The first-order valence-corrected chi connectivity index (χ1v) is 9.32. The van der Waals surface area contributed by atoms with Gasteiger partial charge in [-0.2, -0.15) is 12.7 Å². The first kappa shape index (κ1) is 16.3. The first-order valence-electron chi connectivity index (χ1n) is 6.19. The van der Waals surface area contributed by atoms with Gasteiger partial charge in [-0.25, -0.2) is 4.98 Å². The van der Waals surface area contributed by atoms with Gasteiger partial charge in [0.25, 0.3) is 0 Å². The van der Waals surface area contributed by atoms with Gasteiger partial charge < -0.3 is 0 Å². The minimum absolute atomic E-state index is 0.586. The number of aryl methyl sites for hydroxylation is 2. The smallest absolute Gasteiger partial charge is 0.271 e. The van der Waals surface area contributed by atoms with Crippen LogP contribution in [0.15, 0.2) is 32.8 Å². The summed E-state index contributed by atoms with van der Waals surface area (Å²) >= 11 is 3.18. The van der Waals surface area contributed by atoms with Gasteiger partial charge in [0.15, 0.2) is 4.34 Å². The van der Waals surface area contributed by atoms with Crippen molar-refractivity contribution in [3.8, 4) is 0 Å². The zero-order valence-corrected chi connectivity index (χ0v) is 14.7. The molecule has 0 saturated carbocycles. The molecule has 0 aliphatic heterocycles. The van der Waals surface area contributed by atoms with Crippen molar-refractivity contribution in [3.05, 3.63) is 34.8 Å². The van der Waals surface area contributed by atoms with Crippen LogP contribution in [0.3, 0.4) is 0 Å². The highest BCUT2D eigenvalue weighted by molar-refractivity contribution is 8.01. The zero-order valence-electron chi connectivity index (χ0n) is 12.2. The molecule has 1 aromatic heterocycles.